The minimum Gasteiger partial charge on any atom is -0.479 e. The molecule has 19 heavy (non-hydrogen) atoms. The second-order valence-electron chi connectivity index (χ2n) is 4.49. The van der Waals surface area contributed by atoms with Crippen molar-refractivity contribution in [3.8, 4) is 0 Å². The molecule has 5 nitrogen and oxygen atoms in total. The minimum absolute atomic E-state index is 0.126. The second-order valence-corrected chi connectivity index (χ2v) is 5.41. The Morgan fingerprint density at radius 3 is 2.37 bits per heavy atom. The lowest BCUT2D eigenvalue weighted by Crippen LogP contribution is -2.30. The van der Waals surface area contributed by atoms with Gasteiger partial charge in [-0.15, -0.1) is 0 Å². The van der Waals surface area contributed by atoms with Crippen molar-refractivity contribution in [2.24, 2.45) is 5.92 Å². The summed E-state index contributed by atoms with van der Waals surface area (Å²) in [5, 5.41) is 11.4. The highest BCUT2D eigenvalue weighted by molar-refractivity contribution is 9.10. The average molecular weight is 330 g/mol. The van der Waals surface area contributed by atoms with Crippen LogP contribution in [0.2, 0.25) is 0 Å². The molecule has 0 heterocycles. The molecule has 104 valence electrons. The summed E-state index contributed by atoms with van der Waals surface area (Å²) in [6, 6.07) is 6.89. The van der Waals surface area contributed by atoms with E-state index >= 15 is 0 Å². The Labute approximate surface area is 120 Å². The number of amides is 1. The van der Waals surface area contributed by atoms with E-state index in [-0.39, 0.29) is 12.3 Å². The van der Waals surface area contributed by atoms with Crippen LogP contribution in [0.1, 0.15) is 20.3 Å². The fraction of sp³-hybridized carbons (Fsp3) is 0.385. The molecule has 0 fully saturated rings. The molecule has 0 aliphatic rings. The summed E-state index contributed by atoms with van der Waals surface area (Å²) in [6.45, 7) is 3.73. The summed E-state index contributed by atoms with van der Waals surface area (Å²) in [5.41, 5.74) is 0.543. The van der Waals surface area contributed by atoms with Gasteiger partial charge < -0.3 is 9.84 Å². The van der Waals surface area contributed by atoms with E-state index in [0.29, 0.717) is 5.69 Å². The van der Waals surface area contributed by atoms with Gasteiger partial charge in [-0.25, -0.2) is 9.59 Å². The van der Waals surface area contributed by atoms with Gasteiger partial charge in [0.1, 0.15) is 0 Å². The third kappa shape index (κ3) is 5.74. The van der Waals surface area contributed by atoms with Gasteiger partial charge in [-0.3, -0.25) is 5.32 Å². The number of halogens is 1. The molecule has 0 saturated carbocycles. The van der Waals surface area contributed by atoms with E-state index < -0.39 is 18.2 Å². The van der Waals surface area contributed by atoms with Gasteiger partial charge in [0.25, 0.3) is 0 Å². The lowest BCUT2D eigenvalue weighted by Gasteiger charge is -2.16. The van der Waals surface area contributed by atoms with Crippen molar-refractivity contribution in [2.45, 2.75) is 26.4 Å². The van der Waals surface area contributed by atoms with E-state index in [1.807, 2.05) is 13.8 Å². The van der Waals surface area contributed by atoms with E-state index in [0.717, 1.165) is 4.47 Å². The van der Waals surface area contributed by atoms with Crippen LogP contribution in [-0.4, -0.2) is 23.3 Å². The molecule has 0 aromatic heterocycles. The van der Waals surface area contributed by atoms with Gasteiger partial charge in [0.05, 0.1) is 0 Å². The van der Waals surface area contributed by atoms with Crippen molar-refractivity contribution in [1.82, 2.24) is 0 Å². The first-order valence-electron chi connectivity index (χ1n) is 5.84. The number of hydrogen-bond donors (Lipinski definition) is 2. The molecule has 0 radical (unpaired) electrons. The molecule has 0 spiro atoms. The van der Waals surface area contributed by atoms with Crippen molar-refractivity contribution in [2.75, 3.05) is 5.32 Å². The predicted molar refractivity (Wildman–Crippen MR) is 75.1 cm³/mol. The Balaban J connectivity index is 2.57. The Morgan fingerprint density at radius 2 is 1.89 bits per heavy atom. The molecule has 1 atom stereocenters. The van der Waals surface area contributed by atoms with Crippen LogP contribution in [0.25, 0.3) is 0 Å². The number of carboxylic acid groups (broad SMARTS) is 1. The number of ether oxygens (including phenoxy) is 1. The highest BCUT2D eigenvalue weighted by Crippen LogP contribution is 2.15. The van der Waals surface area contributed by atoms with Crippen LogP contribution in [0.3, 0.4) is 0 Å². The number of benzene rings is 1. The van der Waals surface area contributed by atoms with Gasteiger partial charge in [0.15, 0.2) is 0 Å². The maximum Gasteiger partial charge on any atom is 0.412 e. The number of aliphatic carboxylic acids is 1. The molecule has 0 aliphatic heterocycles. The molecule has 1 aromatic rings. The number of carboxylic acids is 1. The Kier molecular flexibility index (Phi) is 5.82. The number of carbonyl (C=O) groups excluding carboxylic acids is 1. The van der Waals surface area contributed by atoms with E-state index in [9.17, 15) is 9.59 Å². The lowest BCUT2D eigenvalue weighted by molar-refractivity contribution is -0.147. The van der Waals surface area contributed by atoms with Crippen LogP contribution in [0.15, 0.2) is 28.7 Å². The number of carbonyl (C=O) groups is 2. The quantitative estimate of drug-likeness (QED) is 0.866. The summed E-state index contributed by atoms with van der Waals surface area (Å²) in [6.07, 6.45) is -1.62. The average Bonchev–Trinajstić information content (AvgIpc) is 2.30. The Morgan fingerprint density at radius 1 is 1.32 bits per heavy atom. The molecular weight excluding hydrogens is 314 g/mol. The van der Waals surface area contributed by atoms with E-state index in [2.05, 4.69) is 21.2 Å². The number of anilines is 1. The second kappa shape index (κ2) is 7.13. The fourth-order valence-electron chi connectivity index (χ4n) is 1.44. The molecule has 6 heteroatoms. The van der Waals surface area contributed by atoms with Gasteiger partial charge in [-0.2, -0.15) is 0 Å². The van der Waals surface area contributed by atoms with Crippen LogP contribution in [0, 0.1) is 5.92 Å². The standard InChI is InChI=1S/C13H16BrNO4/c1-8(2)7-11(12(16)17)19-13(18)15-10-5-3-9(14)4-6-10/h3-6,8,11H,7H2,1-2H3,(H,15,18)(H,16,17)/t11-/m0/s1. The van der Waals surface area contributed by atoms with Crippen molar-refractivity contribution in [3.63, 3.8) is 0 Å². The van der Waals surface area contributed by atoms with Crippen molar-refractivity contribution < 1.29 is 19.4 Å². The molecule has 0 aliphatic carbocycles. The molecule has 2 N–H and O–H groups in total. The third-order valence-corrected chi connectivity index (χ3v) is 2.83. The molecule has 1 rings (SSSR count). The third-order valence-electron chi connectivity index (χ3n) is 2.30. The maximum atomic E-state index is 11.6. The van der Waals surface area contributed by atoms with Crippen LogP contribution in [0.5, 0.6) is 0 Å². The number of rotatable bonds is 5. The van der Waals surface area contributed by atoms with Gasteiger partial charge >= 0.3 is 12.1 Å². The van der Waals surface area contributed by atoms with Crippen LogP contribution in [0.4, 0.5) is 10.5 Å². The highest BCUT2D eigenvalue weighted by Gasteiger charge is 2.23. The summed E-state index contributed by atoms with van der Waals surface area (Å²) < 4.78 is 5.78. The van der Waals surface area contributed by atoms with Crippen LogP contribution >= 0.6 is 15.9 Å². The summed E-state index contributed by atoms with van der Waals surface area (Å²) >= 11 is 3.28. The fourth-order valence-corrected chi connectivity index (χ4v) is 1.70. The van der Waals surface area contributed by atoms with E-state index in [4.69, 9.17) is 9.84 Å². The topological polar surface area (TPSA) is 75.6 Å². The van der Waals surface area contributed by atoms with E-state index in [1.54, 1.807) is 24.3 Å². The van der Waals surface area contributed by atoms with Crippen molar-refractivity contribution in [1.29, 1.82) is 0 Å². The molecular formula is C13H16BrNO4. The summed E-state index contributed by atoms with van der Waals surface area (Å²) in [5.74, 6) is -1.01. The zero-order chi connectivity index (χ0) is 14.4. The predicted octanol–water partition coefficient (Wildman–Crippen LogP) is 3.50. The first-order valence-corrected chi connectivity index (χ1v) is 6.63. The Bertz CT molecular complexity index is 444. The smallest absolute Gasteiger partial charge is 0.412 e. The largest absolute Gasteiger partial charge is 0.479 e. The monoisotopic (exact) mass is 329 g/mol. The molecule has 1 aromatic carbocycles. The zero-order valence-corrected chi connectivity index (χ0v) is 12.3. The first kappa shape index (κ1) is 15.5. The lowest BCUT2D eigenvalue weighted by atomic mass is 10.1. The van der Waals surface area contributed by atoms with Crippen molar-refractivity contribution >= 4 is 33.7 Å². The molecule has 0 bridgehead atoms. The normalized spacial score (nSPS) is 12.0. The van der Waals surface area contributed by atoms with E-state index in [1.165, 1.54) is 0 Å². The minimum atomic E-state index is -1.14. The van der Waals surface area contributed by atoms with Crippen LogP contribution < -0.4 is 5.32 Å². The van der Waals surface area contributed by atoms with Gasteiger partial charge in [0.2, 0.25) is 6.10 Å². The number of hydrogen-bond acceptors (Lipinski definition) is 3. The van der Waals surface area contributed by atoms with Gasteiger partial charge in [-0.05, 0) is 36.6 Å². The summed E-state index contributed by atoms with van der Waals surface area (Å²) in [4.78, 5) is 22.5. The Hall–Kier alpha value is -1.56. The zero-order valence-electron chi connectivity index (χ0n) is 10.7. The van der Waals surface area contributed by atoms with Gasteiger partial charge in [-0.1, -0.05) is 29.8 Å². The molecule has 1 amide bonds. The molecule has 0 saturated heterocycles. The number of nitrogens with one attached hydrogen (secondary N) is 1. The maximum absolute atomic E-state index is 11.6. The first-order chi connectivity index (χ1) is 8.88. The SMILES string of the molecule is CC(C)C[C@H](OC(=O)Nc1ccc(Br)cc1)C(=O)O. The highest BCUT2D eigenvalue weighted by atomic mass is 79.9. The van der Waals surface area contributed by atoms with Gasteiger partial charge in [0, 0.05) is 10.2 Å². The van der Waals surface area contributed by atoms with Crippen molar-refractivity contribution in [3.05, 3.63) is 28.7 Å². The molecule has 0 unspecified atom stereocenters. The van der Waals surface area contributed by atoms with Crippen LogP contribution in [-0.2, 0) is 9.53 Å². The summed E-state index contributed by atoms with van der Waals surface area (Å²) in [7, 11) is 0.